The van der Waals surface area contributed by atoms with E-state index in [1.165, 1.54) is 0 Å². The van der Waals surface area contributed by atoms with Gasteiger partial charge in [-0.15, -0.1) is 0 Å². The van der Waals surface area contributed by atoms with Crippen LogP contribution < -0.4 is 4.90 Å². The van der Waals surface area contributed by atoms with Gasteiger partial charge in [-0.2, -0.15) is 0 Å². The Morgan fingerprint density at radius 1 is 1.07 bits per heavy atom. The van der Waals surface area contributed by atoms with Crippen molar-refractivity contribution in [2.45, 2.75) is 34.1 Å². The molecule has 1 atom stereocenters. The van der Waals surface area contributed by atoms with Crippen LogP contribution in [0, 0.1) is 33.6 Å². The van der Waals surface area contributed by atoms with Crippen LogP contribution in [0.4, 0.5) is 5.69 Å². The van der Waals surface area contributed by atoms with Gasteiger partial charge in [-0.25, -0.2) is 0 Å². The molecule has 0 aliphatic carbocycles. The van der Waals surface area contributed by atoms with Crippen LogP contribution in [-0.2, 0) is 14.3 Å². The molecule has 0 unspecified atom stereocenters. The van der Waals surface area contributed by atoms with Crippen molar-refractivity contribution in [2.75, 3.05) is 18.1 Å². The highest BCUT2D eigenvalue weighted by Gasteiger charge is 2.37. The lowest BCUT2D eigenvalue weighted by Gasteiger charge is -2.20. The molecule has 1 fully saturated rings. The van der Waals surface area contributed by atoms with Crippen molar-refractivity contribution < 1.29 is 19.1 Å². The maximum absolute atomic E-state index is 12.4. The summed E-state index contributed by atoms with van der Waals surface area (Å²) in [5.41, 5.74) is 5.43. The molecule has 28 heavy (non-hydrogen) atoms. The van der Waals surface area contributed by atoms with Gasteiger partial charge in [-0.05, 0) is 50.5 Å². The summed E-state index contributed by atoms with van der Waals surface area (Å²) in [6, 6.07) is 11.3. The van der Waals surface area contributed by atoms with Crippen LogP contribution in [0.5, 0.6) is 0 Å². The Morgan fingerprint density at radius 2 is 1.82 bits per heavy atom. The summed E-state index contributed by atoms with van der Waals surface area (Å²) in [6.07, 6.45) is 0.101. The second kappa shape index (κ2) is 7.97. The average molecular weight is 379 g/mol. The minimum absolute atomic E-state index is 0.101. The lowest BCUT2D eigenvalue weighted by molar-refractivity contribution is -0.147. The maximum atomic E-state index is 12.4. The van der Waals surface area contributed by atoms with E-state index in [0.717, 1.165) is 27.9 Å². The summed E-state index contributed by atoms with van der Waals surface area (Å²) in [7, 11) is 0. The van der Waals surface area contributed by atoms with Crippen molar-refractivity contribution in [3.05, 3.63) is 64.2 Å². The topological polar surface area (TPSA) is 63.7 Å². The minimum Gasteiger partial charge on any atom is -0.457 e. The van der Waals surface area contributed by atoms with E-state index in [0.29, 0.717) is 5.56 Å². The molecule has 1 saturated heterocycles. The zero-order valence-corrected chi connectivity index (χ0v) is 16.7. The smallest absolute Gasteiger partial charge is 0.311 e. The van der Waals surface area contributed by atoms with Crippen molar-refractivity contribution in [3.63, 3.8) is 0 Å². The number of hydrogen-bond donors (Lipinski definition) is 0. The molecule has 1 amide bonds. The van der Waals surface area contributed by atoms with Crippen LogP contribution in [-0.4, -0.2) is 30.8 Å². The predicted molar refractivity (Wildman–Crippen MR) is 108 cm³/mol. The summed E-state index contributed by atoms with van der Waals surface area (Å²) in [4.78, 5) is 38.9. The number of nitrogens with zero attached hydrogens (tertiary/aromatic N) is 1. The zero-order chi connectivity index (χ0) is 20.4. The quantitative estimate of drug-likeness (QED) is 0.587. The summed E-state index contributed by atoms with van der Waals surface area (Å²) in [5.74, 6) is -1.39. The predicted octanol–water partition coefficient (Wildman–Crippen LogP) is 3.70. The van der Waals surface area contributed by atoms with Crippen molar-refractivity contribution >= 4 is 23.3 Å². The first-order chi connectivity index (χ1) is 13.3. The minimum atomic E-state index is -0.556. The summed E-state index contributed by atoms with van der Waals surface area (Å²) >= 11 is 0. The van der Waals surface area contributed by atoms with Crippen molar-refractivity contribution in [1.82, 2.24) is 0 Å². The third-order valence-corrected chi connectivity index (χ3v) is 5.35. The Balaban J connectivity index is 1.63. The summed E-state index contributed by atoms with van der Waals surface area (Å²) < 4.78 is 5.25. The number of anilines is 1. The van der Waals surface area contributed by atoms with Crippen LogP contribution in [0.15, 0.2) is 36.4 Å². The molecule has 2 aromatic carbocycles. The van der Waals surface area contributed by atoms with E-state index in [2.05, 4.69) is 0 Å². The van der Waals surface area contributed by atoms with E-state index in [-0.39, 0.29) is 31.3 Å². The van der Waals surface area contributed by atoms with Gasteiger partial charge in [-0.1, -0.05) is 35.9 Å². The molecule has 0 spiro atoms. The monoisotopic (exact) mass is 379 g/mol. The molecule has 1 aliphatic rings. The number of aryl methyl sites for hydroxylation is 3. The first-order valence-corrected chi connectivity index (χ1v) is 9.41. The Labute approximate surface area is 165 Å². The maximum Gasteiger partial charge on any atom is 0.311 e. The van der Waals surface area contributed by atoms with Gasteiger partial charge in [0.1, 0.15) is 0 Å². The molecule has 146 valence electrons. The van der Waals surface area contributed by atoms with Gasteiger partial charge in [-0.3, -0.25) is 14.4 Å². The number of rotatable bonds is 5. The van der Waals surface area contributed by atoms with Crippen molar-refractivity contribution in [3.8, 4) is 0 Å². The van der Waals surface area contributed by atoms with Crippen LogP contribution in [0.1, 0.15) is 39.0 Å². The van der Waals surface area contributed by atoms with Crippen LogP contribution in [0.2, 0.25) is 0 Å². The number of benzene rings is 2. The fourth-order valence-electron chi connectivity index (χ4n) is 3.59. The second-order valence-corrected chi connectivity index (χ2v) is 7.47. The highest BCUT2D eigenvalue weighted by atomic mass is 16.5. The second-order valence-electron chi connectivity index (χ2n) is 7.47. The molecule has 5 heteroatoms. The molecule has 0 saturated carbocycles. The Hall–Kier alpha value is -2.95. The molecule has 1 heterocycles. The molecule has 2 aromatic rings. The number of Topliss-reactive ketones (excluding diaryl/α,β-unsaturated/α-hetero) is 1. The number of amides is 1. The van der Waals surface area contributed by atoms with Crippen molar-refractivity contribution in [1.29, 1.82) is 0 Å². The van der Waals surface area contributed by atoms with Crippen LogP contribution in [0.25, 0.3) is 0 Å². The van der Waals surface area contributed by atoms with Gasteiger partial charge in [0.2, 0.25) is 11.7 Å². The van der Waals surface area contributed by atoms with E-state index in [9.17, 15) is 14.4 Å². The number of esters is 1. The molecule has 0 N–H and O–H groups in total. The van der Waals surface area contributed by atoms with E-state index < -0.39 is 11.9 Å². The van der Waals surface area contributed by atoms with Gasteiger partial charge < -0.3 is 9.64 Å². The number of ketones is 1. The average Bonchev–Trinajstić information content (AvgIpc) is 3.03. The van der Waals surface area contributed by atoms with E-state index in [1.54, 1.807) is 11.0 Å². The van der Waals surface area contributed by atoms with E-state index >= 15 is 0 Å². The normalized spacial score (nSPS) is 16.4. The van der Waals surface area contributed by atoms with E-state index in [1.807, 2.05) is 58.0 Å². The highest BCUT2D eigenvalue weighted by molar-refractivity contribution is 6.01. The van der Waals surface area contributed by atoms with Gasteiger partial charge in [0, 0.05) is 24.2 Å². The number of carbonyl (C=O) groups excluding carboxylic acids is 3. The zero-order valence-electron chi connectivity index (χ0n) is 16.7. The Kier molecular flexibility index (Phi) is 5.63. The molecule has 1 aliphatic heterocycles. The number of ether oxygens (including phenoxy) is 1. The van der Waals surface area contributed by atoms with Crippen LogP contribution >= 0.6 is 0 Å². The lowest BCUT2D eigenvalue weighted by Crippen LogP contribution is -2.28. The first-order valence-electron chi connectivity index (χ1n) is 9.41. The van der Waals surface area contributed by atoms with E-state index in [4.69, 9.17) is 4.74 Å². The SMILES string of the molecule is Cc1ccc(C(=O)COC(=O)[C@@H]2CC(=O)N(c3cccc(C)c3C)C2)c(C)c1. The van der Waals surface area contributed by atoms with Gasteiger partial charge in [0.15, 0.2) is 6.61 Å². The van der Waals surface area contributed by atoms with Gasteiger partial charge >= 0.3 is 5.97 Å². The fraction of sp³-hybridized carbons (Fsp3) is 0.348. The third-order valence-electron chi connectivity index (χ3n) is 5.35. The fourth-order valence-corrected chi connectivity index (χ4v) is 3.59. The Bertz CT molecular complexity index is 948. The highest BCUT2D eigenvalue weighted by Crippen LogP contribution is 2.29. The molecule has 0 radical (unpaired) electrons. The molecule has 0 aromatic heterocycles. The van der Waals surface area contributed by atoms with Crippen LogP contribution in [0.3, 0.4) is 0 Å². The largest absolute Gasteiger partial charge is 0.457 e. The third kappa shape index (κ3) is 3.98. The van der Waals surface area contributed by atoms with Crippen molar-refractivity contribution in [2.24, 2.45) is 5.92 Å². The summed E-state index contributed by atoms with van der Waals surface area (Å²) in [5, 5.41) is 0. The molecular weight excluding hydrogens is 354 g/mol. The first kappa shape index (κ1) is 19.8. The Morgan fingerprint density at radius 3 is 2.54 bits per heavy atom. The van der Waals surface area contributed by atoms with Gasteiger partial charge in [0.05, 0.1) is 5.92 Å². The standard InChI is InChI=1S/C23H25NO4/c1-14-8-9-19(16(3)10-14)21(25)13-28-23(27)18-11-22(26)24(12-18)20-7-5-6-15(2)17(20)4/h5-10,18H,11-13H2,1-4H3/t18-/m1/s1. The molecular formula is C23H25NO4. The molecule has 3 rings (SSSR count). The molecule has 5 nitrogen and oxygen atoms in total. The molecule has 0 bridgehead atoms. The number of hydrogen-bond acceptors (Lipinski definition) is 4. The number of carbonyl (C=O) groups is 3. The summed E-state index contributed by atoms with van der Waals surface area (Å²) in [6.45, 7) is 7.74. The van der Waals surface area contributed by atoms with Gasteiger partial charge in [0.25, 0.3) is 0 Å². The lowest BCUT2D eigenvalue weighted by atomic mass is 10.0.